The van der Waals surface area contributed by atoms with E-state index < -0.39 is 12.1 Å². The van der Waals surface area contributed by atoms with Crippen molar-refractivity contribution in [1.29, 1.82) is 0 Å². The first kappa shape index (κ1) is 17.7. The van der Waals surface area contributed by atoms with Crippen molar-refractivity contribution in [3.05, 3.63) is 47.8 Å². The summed E-state index contributed by atoms with van der Waals surface area (Å²) in [4.78, 5) is 26.7. The summed E-state index contributed by atoms with van der Waals surface area (Å²) >= 11 is 0. The van der Waals surface area contributed by atoms with Crippen molar-refractivity contribution < 1.29 is 14.7 Å². The zero-order valence-corrected chi connectivity index (χ0v) is 15.0. The molecule has 1 aromatic carbocycles. The van der Waals surface area contributed by atoms with Crippen molar-refractivity contribution in [2.75, 3.05) is 6.54 Å². The molecule has 2 aliphatic rings. The van der Waals surface area contributed by atoms with E-state index in [1.165, 1.54) is 9.58 Å². The predicted molar refractivity (Wildman–Crippen MR) is 96.4 cm³/mol. The molecule has 2 amide bonds. The molecule has 2 fully saturated rings. The van der Waals surface area contributed by atoms with Crippen molar-refractivity contribution in [1.82, 2.24) is 25.2 Å². The van der Waals surface area contributed by atoms with Crippen LogP contribution in [0.3, 0.4) is 0 Å². The lowest BCUT2D eigenvalue weighted by Gasteiger charge is -2.23. The first-order valence-electron chi connectivity index (χ1n) is 9.29. The molecule has 1 saturated carbocycles. The van der Waals surface area contributed by atoms with E-state index in [0.29, 0.717) is 12.5 Å². The number of aromatic nitrogens is 3. The Kier molecular flexibility index (Phi) is 4.89. The monoisotopic (exact) mass is 369 g/mol. The fraction of sp³-hybridized carbons (Fsp3) is 0.474. The van der Waals surface area contributed by atoms with E-state index in [4.69, 9.17) is 0 Å². The minimum atomic E-state index is -0.695. The van der Waals surface area contributed by atoms with Gasteiger partial charge in [-0.1, -0.05) is 35.5 Å². The molecule has 8 heteroatoms. The van der Waals surface area contributed by atoms with Crippen molar-refractivity contribution >= 4 is 11.8 Å². The SMILES string of the molecule is O=C(NCc1ccccc1)C1CC(O)CN1C(=O)Cn1cc(C2CC2)nn1. The van der Waals surface area contributed by atoms with Crippen molar-refractivity contribution in [3.63, 3.8) is 0 Å². The largest absolute Gasteiger partial charge is 0.391 e. The van der Waals surface area contributed by atoms with Gasteiger partial charge in [0.05, 0.1) is 11.8 Å². The summed E-state index contributed by atoms with van der Waals surface area (Å²) in [7, 11) is 0. The third-order valence-corrected chi connectivity index (χ3v) is 5.06. The molecule has 0 spiro atoms. The van der Waals surface area contributed by atoms with Crippen LogP contribution in [0.15, 0.2) is 36.5 Å². The number of aliphatic hydroxyl groups excluding tert-OH is 1. The molecule has 2 heterocycles. The predicted octanol–water partition coefficient (Wildman–Crippen LogP) is 0.434. The average Bonchev–Trinajstić information content (AvgIpc) is 3.29. The fourth-order valence-electron chi connectivity index (χ4n) is 3.43. The van der Waals surface area contributed by atoms with Crippen LogP contribution in [0.25, 0.3) is 0 Å². The maximum Gasteiger partial charge on any atom is 0.245 e. The number of rotatable bonds is 6. The number of likely N-dealkylation sites (tertiary alicyclic amines) is 1. The van der Waals surface area contributed by atoms with Gasteiger partial charge in [0.15, 0.2) is 0 Å². The number of hydrogen-bond donors (Lipinski definition) is 2. The summed E-state index contributed by atoms with van der Waals surface area (Å²) < 4.78 is 1.51. The second kappa shape index (κ2) is 7.48. The third-order valence-electron chi connectivity index (χ3n) is 5.06. The molecule has 2 atom stereocenters. The Morgan fingerprint density at radius 2 is 2.00 bits per heavy atom. The third kappa shape index (κ3) is 4.16. The van der Waals surface area contributed by atoms with Crippen LogP contribution in [0.2, 0.25) is 0 Å². The molecule has 1 saturated heterocycles. The maximum absolute atomic E-state index is 12.7. The fourth-order valence-corrected chi connectivity index (χ4v) is 3.43. The second-order valence-electron chi connectivity index (χ2n) is 7.27. The van der Waals surface area contributed by atoms with Gasteiger partial charge in [-0.05, 0) is 18.4 Å². The summed E-state index contributed by atoms with van der Waals surface area (Å²) in [6, 6.07) is 8.92. The number of amides is 2. The van der Waals surface area contributed by atoms with E-state index in [1.807, 2.05) is 30.3 Å². The Morgan fingerprint density at radius 1 is 1.22 bits per heavy atom. The Balaban J connectivity index is 1.37. The lowest BCUT2D eigenvalue weighted by atomic mass is 10.1. The molecule has 1 aliphatic heterocycles. The Labute approximate surface area is 157 Å². The molecule has 2 unspecified atom stereocenters. The van der Waals surface area contributed by atoms with Crippen molar-refractivity contribution in [2.24, 2.45) is 0 Å². The van der Waals surface area contributed by atoms with E-state index in [0.717, 1.165) is 24.1 Å². The molecule has 4 rings (SSSR count). The highest BCUT2D eigenvalue weighted by molar-refractivity contribution is 5.88. The number of hydrogen-bond acceptors (Lipinski definition) is 5. The average molecular weight is 369 g/mol. The molecule has 0 radical (unpaired) electrons. The number of aliphatic hydroxyl groups is 1. The summed E-state index contributed by atoms with van der Waals surface area (Å²) in [6.45, 7) is 0.573. The highest BCUT2D eigenvalue weighted by atomic mass is 16.3. The first-order valence-corrected chi connectivity index (χ1v) is 9.29. The molecule has 142 valence electrons. The molecule has 2 aromatic rings. The Hall–Kier alpha value is -2.74. The first-order chi connectivity index (χ1) is 13.1. The van der Waals surface area contributed by atoms with Crippen LogP contribution in [0.1, 0.15) is 36.4 Å². The molecule has 2 N–H and O–H groups in total. The van der Waals surface area contributed by atoms with E-state index in [9.17, 15) is 14.7 Å². The van der Waals surface area contributed by atoms with Gasteiger partial charge in [0, 0.05) is 31.6 Å². The standard InChI is InChI=1S/C19H23N5O3/c25-15-8-17(19(27)20-9-13-4-2-1-3-5-13)24(10-15)18(26)12-23-11-16(21-22-23)14-6-7-14/h1-5,11,14-15,17,25H,6-10,12H2,(H,20,27). The Bertz CT molecular complexity index is 818. The number of nitrogens with zero attached hydrogens (tertiary/aromatic N) is 4. The topological polar surface area (TPSA) is 100 Å². The molecular formula is C19H23N5O3. The lowest BCUT2D eigenvalue weighted by Crippen LogP contribution is -2.46. The van der Waals surface area contributed by atoms with E-state index in [1.54, 1.807) is 6.20 Å². The molecule has 0 bridgehead atoms. The number of carbonyl (C=O) groups excluding carboxylic acids is 2. The van der Waals surface area contributed by atoms with Gasteiger partial charge in [-0.2, -0.15) is 0 Å². The highest BCUT2D eigenvalue weighted by Crippen LogP contribution is 2.38. The van der Waals surface area contributed by atoms with Gasteiger partial charge in [0.2, 0.25) is 11.8 Å². The number of benzene rings is 1. The molecular weight excluding hydrogens is 346 g/mol. The minimum Gasteiger partial charge on any atom is -0.391 e. The molecule has 8 nitrogen and oxygen atoms in total. The van der Waals surface area contributed by atoms with Gasteiger partial charge in [-0.3, -0.25) is 9.59 Å². The zero-order chi connectivity index (χ0) is 18.8. The lowest BCUT2D eigenvalue weighted by molar-refractivity contribution is -0.139. The van der Waals surface area contributed by atoms with E-state index in [2.05, 4.69) is 15.6 Å². The van der Waals surface area contributed by atoms with Crippen LogP contribution in [0.4, 0.5) is 0 Å². The van der Waals surface area contributed by atoms with Crippen LogP contribution >= 0.6 is 0 Å². The second-order valence-corrected chi connectivity index (χ2v) is 7.27. The molecule has 1 aromatic heterocycles. The van der Waals surface area contributed by atoms with Crippen LogP contribution in [-0.2, 0) is 22.7 Å². The summed E-state index contributed by atoms with van der Waals surface area (Å²) in [6.07, 6.45) is 3.59. The van der Waals surface area contributed by atoms with Gasteiger partial charge >= 0.3 is 0 Å². The van der Waals surface area contributed by atoms with Gasteiger partial charge < -0.3 is 15.3 Å². The smallest absolute Gasteiger partial charge is 0.245 e. The van der Waals surface area contributed by atoms with Crippen LogP contribution in [-0.4, -0.2) is 55.5 Å². The van der Waals surface area contributed by atoms with Crippen LogP contribution in [0, 0.1) is 0 Å². The minimum absolute atomic E-state index is 0.0227. The van der Waals surface area contributed by atoms with Crippen LogP contribution in [0.5, 0.6) is 0 Å². The molecule has 1 aliphatic carbocycles. The van der Waals surface area contributed by atoms with E-state index >= 15 is 0 Å². The van der Waals surface area contributed by atoms with Gasteiger partial charge in [-0.25, -0.2) is 4.68 Å². The summed E-state index contributed by atoms with van der Waals surface area (Å²) in [5.41, 5.74) is 1.90. The van der Waals surface area contributed by atoms with Crippen LogP contribution < -0.4 is 5.32 Å². The van der Waals surface area contributed by atoms with Gasteiger partial charge in [-0.15, -0.1) is 5.10 Å². The van der Waals surface area contributed by atoms with Crippen molar-refractivity contribution in [3.8, 4) is 0 Å². The normalized spacial score (nSPS) is 22.0. The quantitative estimate of drug-likeness (QED) is 0.769. The zero-order valence-electron chi connectivity index (χ0n) is 15.0. The van der Waals surface area contributed by atoms with Crippen molar-refractivity contribution in [2.45, 2.75) is 50.4 Å². The summed E-state index contributed by atoms with van der Waals surface area (Å²) in [5, 5.41) is 21.0. The van der Waals surface area contributed by atoms with E-state index in [-0.39, 0.29) is 31.3 Å². The van der Waals surface area contributed by atoms with Gasteiger partial charge in [0.25, 0.3) is 0 Å². The number of carbonyl (C=O) groups is 2. The maximum atomic E-state index is 12.7. The number of β-amino-alcohol motifs (C(OH)–C–C–N with tert-alkyl or cyclic N) is 1. The molecule has 27 heavy (non-hydrogen) atoms. The summed E-state index contributed by atoms with van der Waals surface area (Å²) in [5.74, 6) is -0.0151. The number of nitrogens with one attached hydrogen (secondary N) is 1. The van der Waals surface area contributed by atoms with Gasteiger partial charge in [0.1, 0.15) is 12.6 Å². The Morgan fingerprint density at radius 3 is 2.74 bits per heavy atom. The highest BCUT2D eigenvalue weighted by Gasteiger charge is 2.39.